The van der Waals surface area contributed by atoms with Gasteiger partial charge in [0.25, 0.3) is 0 Å². The van der Waals surface area contributed by atoms with Gasteiger partial charge in [-0.25, -0.2) is 4.98 Å². The van der Waals surface area contributed by atoms with Gasteiger partial charge in [0.15, 0.2) is 5.82 Å². The molecule has 0 unspecified atom stereocenters. The van der Waals surface area contributed by atoms with Crippen LogP contribution in [0.5, 0.6) is 5.88 Å². The van der Waals surface area contributed by atoms with Gasteiger partial charge < -0.3 is 10.1 Å². The Hall–Kier alpha value is -2.68. The second kappa shape index (κ2) is 8.08. The molecule has 0 aliphatic rings. The fourth-order valence-electron chi connectivity index (χ4n) is 2.39. The average molecular weight is 311 g/mol. The Bertz CT molecular complexity index is 709. The molecule has 0 atom stereocenters. The van der Waals surface area contributed by atoms with E-state index >= 15 is 0 Å². The minimum atomic E-state index is 0.524. The van der Waals surface area contributed by atoms with Crippen molar-refractivity contribution in [3.8, 4) is 11.9 Å². The largest absolute Gasteiger partial charge is 0.478 e. The first kappa shape index (κ1) is 16.7. The highest BCUT2D eigenvalue weighted by atomic mass is 16.5. The molecule has 0 spiro atoms. The molecule has 6 nitrogen and oxygen atoms in total. The van der Waals surface area contributed by atoms with Gasteiger partial charge in [0.1, 0.15) is 11.6 Å². The maximum absolute atomic E-state index is 9.47. The number of hydrogen-bond donors (Lipinski definition) is 1. The minimum absolute atomic E-state index is 0.524. The third-order valence-electron chi connectivity index (χ3n) is 3.51. The Morgan fingerprint density at radius 1 is 1.22 bits per heavy atom. The van der Waals surface area contributed by atoms with Crippen LogP contribution in [0.2, 0.25) is 0 Å². The number of ether oxygens (including phenoxy) is 1. The molecule has 120 valence electrons. The molecular formula is C17H21N5O. The Morgan fingerprint density at radius 2 is 2.04 bits per heavy atom. The number of anilines is 1. The number of nitrogens with zero attached hydrogens (tertiary/aromatic N) is 4. The van der Waals surface area contributed by atoms with Crippen LogP contribution in [0.4, 0.5) is 5.82 Å². The van der Waals surface area contributed by atoms with Crippen molar-refractivity contribution in [3.63, 3.8) is 0 Å². The van der Waals surface area contributed by atoms with E-state index in [1.54, 1.807) is 6.20 Å². The van der Waals surface area contributed by atoms with Gasteiger partial charge in [-0.15, -0.1) is 5.10 Å². The molecule has 2 rings (SSSR count). The van der Waals surface area contributed by atoms with Crippen LogP contribution in [0.3, 0.4) is 0 Å². The van der Waals surface area contributed by atoms with Crippen LogP contribution in [0.15, 0.2) is 18.3 Å². The van der Waals surface area contributed by atoms with Crippen molar-refractivity contribution in [2.45, 2.75) is 40.2 Å². The molecule has 0 bridgehead atoms. The van der Waals surface area contributed by atoms with E-state index in [0.717, 1.165) is 29.7 Å². The maximum atomic E-state index is 9.47. The second-order valence-electron chi connectivity index (χ2n) is 4.96. The standard InChI is InChI=1S/C17H21N5O/c1-4-13-14(10-18)17(22-21-15(13)5-2)20-11-12-7-8-19-16(9-12)23-6-3/h7-9H,4-6,11H2,1-3H3,(H,20,22). The molecule has 2 heterocycles. The van der Waals surface area contributed by atoms with Crippen LogP contribution in [0, 0.1) is 11.3 Å². The molecule has 0 aromatic carbocycles. The van der Waals surface area contributed by atoms with E-state index in [1.807, 2.05) is 32.9 Å². The van der Waals surface area contributed by atoms with E-state index in [0.29, 0.717) is 30.4 Å². The molecule has 0 fully saturated rings. The van der Waals surface area contributed by atoms with Crippen LogP contribution in [0.25, 0.3) is 0 Å². The highest BCUT2D eigenvalue weighted by Crippen LogP contribution is 2.20. The van der Waals surface area contributed by atoms with Gasteiger partial charge in [0, 0.05) is 18.8 Å². The van der Waals surface area contributed by atoms with Crippen molar-refractivity contribution >= 4 is 5.82 Å². The second-order valence-corrected chi connectivity index (χ2v) is 4.96. The molecule has 6 heteroatoms. The lowest BCUT2D eigenvalue weighted by atomic mass is 10.0. The lowest BCUT2D eigenvalue weighted by molar-refractivity contribution is 0.326. The number of aryl methyl sites for hydroxylation is 1. The van der Waals surface area contributed by atoms with Crippen molar-refractivity contribution in [1.82, 2.24) is 15.2 Å². The zero-order chi connectivity index (χ0) is 16.7. The van der Waals surface area contributed by atoms with Crippen LogP contribution in [-0.4, -0.2) is 21.8 Å². The topological polar surface area (TPSA) is 83.7 Å². The van der Waals surface area contributed by atoms with Crippen LogP contribution in [-0.2, 0) is 19.4 Å². The molecule has 2 aromatic rings. The third-order valence-corrected chi connectivity index (χ3v) is 3.51. The van der Waals surface area contributed by atoms with Gasteiger partial charge in [-0.2, -0.15) is 10.4 Å². The van der Waals surface area contributed by atoms with Crippen molar-refractivity contribution in [2.75, 3.05) is 11.9 Å². The van der Waals surface area contributed by atoms with Crippen LogP contribution >= 0.6 is 0 Å². The summed E-state index contributed by atoms with van der Waals surface area (Å²) in [6.45, 7) is 7.07. The first-order chi connectivity index (χ1) is 11.2. The fourth-order valence-corrected chi connectivity index (χ4v) is 2.39. The summed E-state index contributed by atoms with van der Waals surface area (Å²) in [6, 6.07) is 6.03. The first-order valence-corrected chi connectivity index (χ1v) is 7.83. The quantitative estimate of drug-likeness (QED) is 0.846. The predicted octanol–water partition coefficient (Wildman–Crippen LogP) is 2.88. The number of nitrogens with one attached hydrogen (secondary N) is 1. The monoisotopic (exact) mass is 311 g/mol. The molecule has 0 aliphatic carbocycles. The highest BCUT2D eigenvalue weighted by molar-refractivity contribution is 5.56. The van der Waals surface area contributed by atoms with E-state index < -0.39 is 0 Å². The first-order valence-electron chi connectivity index (χ1n) is 7.83. The minimum Gasteiger partial charge on any atom is -0.478 e. The number of pyridine rings is 1. The van der Waals surface area contributed by atoms with E-state index in [9.17, 15) is 5.26 Å². The van der Waals surface area contributed by atoms with Gasteiger partial charge in [-0.3, -0.25) is 0 Å². The van der Waals surface area contributed by atoms with Crippen LogP contribution < -0.4 is 10.1 Å². The zero-order valence-electron chi connectivity index (χ0n) is 13.8. The van der Waals surface area contributed by atoms with Gasteiger partial charge in [0.05, 0.1) is 12.3 Å². The molecular weight excluding hydrogens is 290 g/mol. The fraction of sp³-hybridized carbons (Fsp3) is 0.412. The van der Waals surface area contributed by atoms with Gasteiger partial charge >= 0.3 is 0 Å². The lowest BCUT2D eigenvalue weighted by Crippen LogP contribution is -2.10. The molecule has 0 aliphatic heterocycles. The molecule has 0 saturated carbocycles. The molecule has 2 aromatic heterocycles. The van der Waals surface area contributed by atoms with Gasteiger partial charge in [-0.1, -0.05) is 13.8 Å². The van der Waals surface area contributed by atoms with E-state index in [4.69, 9.17) is 4.74 Å². The van der Waals surface area contributed by atoms with E-state index in [1.165, 1.54) is 0 Å². The number of nitriles is 1. The van der Waals surface area contributed by atoms with E-state index in [2.05, 4.69) is 26.6 Å². The maximum Gasteiger partial charge on any atom is 0.213 e. The normalized spacial score (nSPS) is 10.2. The number of aromatic nitrogens is 3. The van der Waals surface area contributed by atoms with Crippen molar-refractivity contribution < 1.29 is 4.74 Å². The summed E-state index contributed by atoms with van der Waals surface area (Å²) in [5, 5.41) is 21.1. The Morgan fingerprint density at radius 3 is 2.70 bits per heavy atom. The summed E-state index contributed by atoms with van der Waals surface area (Å²) in [7, 11) is 0. The molecule has 23 heavy (non-hydrogen) atoms. The summed E-state index contributed by atoms with van der Waals surface area (Å²) in [5.74, 6) is 1.12. The van der Waals surface area contributed by atoms with E-state index in [-0.39, 0.29) is 0 Å². The summed E-state index contributed by atoms with van der Waals surface area (Å²) < 4.78 is 5.39. The van der Waals surface area contributed by atoms with Crippen LogP contribution in [0.1, 0.15) is 43.2 Å². The zero-order valence-corrected chi connectivity index (χ0v) is 13.8. The summed E-state index contributed by atoms with van der Waals surface area (Å²) in [5.41, 5.74) is 3.44. The number of rotatable bonds is 7. The Kier molecular flexibility index (Phi) is 5.87. The lowest BCUT2D eigenvalue weighted by Gasteiger charge is -2.12. The third kappa shape index (κ3) is 3.95. The summed E-state index contributed by atoms with van der Waals surface area (Å²) in [4.78, 5) is 4.14. The molecule has 1 N–H and O–H groups in total. The predicted molar refractivity (Wildman–Crippen MR) is 88.2 cm³/mol. The van der Waals surface area contributed by atoms with Crippen molar-refractivity contribution in [3.05, 3.63) is 40.7 Å². The molecule has 0 radical (unpaired) electrons. The van der Waals surface area contributed by atoms with Crippen molar-refractivity contribution in [1.29, 1.82) is 5.26 Å². The molecule has 0 saturated heterocycles. The van der Waals surface area contributed by atoms with Gasteiger partial charge in [-0.05, 0) is 37.0 Å². The molecule has 0 amide bonds. The summed E-state index contributed by atoms with van der Waals surface area (Å²) in [6.07, 6.45) is 3.24. The average Bonchev–Trinajstić information content (AvgIpc) is 2.59. The Balaban J connectivity index is 2.21. The van der Waals surface area contributed by atoms with Gasteiger partial charge in [0.2, 0.25) is 5.88 Å². The summed E-state index contributed by atoms with van der Waals surface area (Å²) >= 11 is 0. The highest BCUT2D eigenvalue weighted by Gasteiger charge is 2.14. The number of hydrogen-bond acceptors (Lipinski definition) is 6. The van der Waals surface area contributed by atoms with Crippen molar-refractivity contribution in [2.24, 2.45) is 0 Å². The Labute approximate surface area is 136 Å². The SMILES string of the molecule is CCOc1cc(CNc2nnc(CC)c(CC)c2C#N)ccn1. The smallest absolute Gasteiger partial charge is 0.213 e.